The highest BCUT2D eigenvalue weighted by Crippen LogP contribution is 2.23. The molecule has 0 fully saturated rings. The lowest BCUT2D eigenvalue weighted by Gasteiger charge is -2.25. The van der Waals surface area contributed by atoms with Crippen molar-refractivity contribution in [3.05, 3.63) is 23.8 Å². The van der Waals surface area contributed by atoms with Gasteiger partial charge in [-0.25, -0.2) is 4.79 Å². The molecule has 72 valence electrons. The van der Waals surface area contributed by atoms with Gasteiger partial charge >= 0.3 is 5.97 Å². The minimum atomic E-state index is -1.38. The molecule has 1 aliphatic carbocycles. The molecule has 0 aromatic carbocycles. The molecule has 4 heteroatoms. The van der Waals surface area contributed by atoms with E-state index in [4.69, 9.17) is 4.74 Å². The second-order valence-electron chi connectivity index (χ2n) is 2.77. The van der Waals surface area contributed by atoms with Crippen LogP contribution in [0.4, 0.5) is 0 Å². The minimum Gasteiger partial charge on any atom is -0.466 e. The summed E-state index contributed by atoms with van der Waals surface area (Å²) in [4.78, 5) is 11.1. The Kier molecular flexibility index (Phi) is 2.85. The predicted molar refractivity (Wildman–Crippen MR) is 45.8 cm³/mol. The molecule has 1 unspecified atom stereocenters. The van der Waals surface area contributed by atoms with E-state index in [0.29, 0.717) is 5.57 Å². The van der Waals surface area contributed by atoms with Crippen molar-refractivity contribution in [1.82, 2.24) is 0 Å². The van der Waals surface area contributed by atoms with Crippen LogP contribution < -0.4 is 0 Å². The molecular weight excluding hydrogens is 172 g/mol. The molecule has 1 aliphatic rings. The third-order valence-electron chi connectivity index (χ3n) is 1.90. The fourth-order valence-corrected chi connectivity index (χ4v) is 1.12. The van der Waals surface area contributed by atoms with E-state index in [0.717, 1.165) is 0 Å². The third-order valence-corrected chi connectivity index (χ3v) is 1.90. The van der Waals surface area contributed by atoms with Crippen molar-refractivity contribution < 1.29 is 19.4 Å². The first-order valence-corrected chi connectivity index (χ1v) is 3.85. The molecule has 0 radical (unpaired) electrons. The number of allylic oxidation sites excluding steroid dienone is 2. The number of hydrogen-bond donors (Lipinski definition) is 1. The van der Waals surface area contributed by atoms with Gasteiger partial charge in [-0.1, -0.05) is 12.2 Å². The first-order chi connectivity index (χ1) is 6.11. The van der Waals surface area contributed by atoms with Crippen LogP contribution in [0.3, 0.4) is 0 Å². The number of esters is 1. The molecule has 4 nitrogen and oxygen atoms in total. The maximum atomic E-state index is 11.1. The number of carbonyl (C=O) groups excluding carboxylic acids is 1. The van der Waals surface area contributed by atoms with Gasteiger partial charge in [-0.2, -0.15) is 0 Å². The van der Waals surface area contributed by atoms with Crippen molar-refractivity contribution in [3.63, 3.8) is 0 Å². The average Bonchev–Trinajstić information content (AvgIpc) is 2.17. The van der Waals surface area contributed by atoms with E-state index in [2.05, 4.69) is 4.74 Å². The molecule has 13 heavy (non-hydrogen) atoms. The molecule has 0 spiro atoms. The first-order valence-electron chi connectivity index (χ1n) is 3.85. The van der Waals surface area contributed by atoms with Gasteiger partial charge in [-0.3, -0.25) is 0 Å². The molecule has 0 amide bonds. The molecule has 0 aromatic rings. The second kappa shape index (κ2) is 3.72. The van der Waals surface area contributed by atoms with Gasteiger partial charge in [0.15, 0.2) is 5.79 Å². The van der Waals surface area contributed by atoms with Crippen LogP contribution in [0.5, 0.6) is 0 Å². The van der Waals surface area contributed by atoms with Crippen molar-refractivity contribution in [2.75, 3.05) is 14.2 Å². The highest BCUT2D eigenvalue weighted by molar-refractivity contribution is 5.89. The first kappa shape index (κ1) is 9.95. The van der Waals surface area contributed by atoms with Crippen molar-refractivity contribution in [2.24, 2.45) is 0 Å². The highest BCUT2D eigenvalue weighted by atomic mass is 16.6. The summed E-state index contributed by atoms with van der Waals surface area (Å²) < 4.78 is 9.34. The van der Waals surface area contributed by atoms with Crippen LogP contribution in [0.15, 0.2) is 23.8 Å². The van der Waals surface area contributed by atoms with E-state index in [9.17, 15) is 9.90 Å². The Bertz CT molecular complexity index is 267. The lowest BCUT2D eigenvalue weighted by atomic mass is 10.00. The fraction of sp³-hybridized carbons (Fsp3) is 0.444. The summed E-state index contributed by atoms with van der Waals surface area (Å²) in [6.45, 7) is 0. The summed E-state index contributed by atoms with van der Waals surface area (Å²) in [7, 11) is 2.68. The van der Waals surface area contributed by atoms with E-state index >= 15 is 0 Å². The molecule has 0 aliphatic heterocycles. The van der Waals surface area contributed by atoms with Crippen LogP contribution >= 0.6 is 0 Å². The monoisotopic (exact) mass is 184 g/mol. The topological polar surface area (TPSA) is 55.8 Å². The second-order valence-corrected chi connectivity index (χ2v) is 2.77. The molecule has 0 aromatic heterocycles. The van der Waals surface area contributed by atoms with Crippen LogP contribution in [-0.2, 0) is 14.3 Å². The van der Waals surface area contributed by atoms with Crippen LogP contribution in [0.2, 0.25) is 0 Å². The maximum Gasteiger partial charge on any atom is 0.333 e. The molecular formula is C9H12O4. The van der Waals surface area contributed by atoms with Gasteiger partial charge in [0, 0.05) is 19.1 Å². The molecule has 1 atom stereocenters. The molecule has 1 rings (SSSR count). The highest BCUT2D eigenvalue weighted by Gasteiger charge is 2.29. The predicted octanol–water partition coefficient (Wildman–Crippen LogP) is 0.381. The average molecular weight is 184 g/mol. The van der Waals surface area contributed by atoms with E-state index in [1.165, 1.54) is 20.3 Å². The zero-order chi connectivity index (χ0) is 9.90. The van der Waals surface area contributed by atoms with Gasteiger partial charge in [0.05, 0.1) is 7.11 Å². The summed E-state index contributed by atoms with van der Waals surface area (Å²) >= 11 is 0. The molecule has 0 bridgehead atoms. The molecule has 1 N–H and O–H groups in total. The number of carbonyl (C=O) groups is 1. The van der Waals surface area contributed by atoms with Gasteiger partial charge in [0.25, 0.3) is 0 Å². The minimum absolute atomic E-state index is 0.118. The summed E-state index contributed by atoms with van der Waals surface area (Å²) in [5, 5.41) is 9.64. The van der Waals surface area contributed by atoms with E-state index in [-0.39, 0.29) is 6.42 Å². The molecule has 0 saturated heterocycles. The van der Waals surface area contributed by atoms with Gasteiger partial charge in [0.2, 0.25) is 0 Å². The van der Waals surface area contributed by atoms with E-state index in [1.807, 2.05) is 0 Å². The van der Waals surface area contributed by atoms with E-state index in [1.54, 1.807) is 12.2 Å². The quantitative estimate of drug-likeness (QED) is 0.498. The lowest BCUT2D eigenvalue weighted by Crippen LogP contribution is -2.32. The number of aliphatic hydroxyl groups is 1. The summed E-state index contributed by atoms with van der Waals surface area (Å²) in [6.07, 6.45) is 4.77. The lowest BCUT2D eigenvalue weighted by molar-refractivity contribution is -0.153. The number of rotatable bonds is 2. The Morgan fingerprint density at radius 2 is 2.31 bits per heavy atom. The zero-order valence-electron chi connectivity index (χ0n) is 7.61. The Morgan fingerprint density at radius 1 is 1.62 bits per heavy atom. The number of hydrogen-bond acceptors (Lipinski definition) is 4. The third kappa shape index (κ3) is 2.17. The van der Waals surface area contributed by atoms with Gasteiger partial charge in [-0.15, -0.1) is 0 Å². The Labute approximate surface area is 76.5 Å². The van der Waals surface area contributed by atoms with Gasteiger partial charge in [0.1, 0.15) is 0 Å². The van der Waals surface area contributed by atoms with Crippen molar-refractivity contribution in [2.45, 2.75) is 12.2 Å². The SMILES string of the molecule is COC(=O)C1=CC=CC(O)(OC)C1. The van der Waals surface area contributed by atoms with E-state index < -0.39 is 11.8 Å². The molecule has 0 saturated carbocycles. The summed E-state index contributed by atoms with van der Waals surface area (Å²) in [5.41, 5.74) is 0.398. The number of ether oxygens (including phenoxy) is 2. The maximum absolute atomic E-state index is 11.1. The van der Waals surface area contributed by atoms with Crippen molar-refractivity contribution in [1.29, 1.82) is 0 Å². The Morgan fingerprint density at radius 3 is 2.85 bits per heavy atom. The fourth-order valence-electron chi connectivity index (χ4n) is 1.12. The van der Waals surface area contributed by atoms with Crippen LogP contribution in [0.25, 0.3) is 0 Å². The normalized spacial score (nSPS) is 26.8. The Balaban J connectivity index is 2.77. The largest absolute Gasteiger partial charge is 0.466 e. The molecule has 0 heterocycles. The Hall–Kier alpha value is -1.13. The van der Waals surface area contributed by atoms with Crippen LogP contribution in [0.1, 0.15) is 6.42 Å². The summed E-state index contributed by atoms with van der Waals surface area (Å²) in [6, 6.07) is 0. The smallest absolute Gasteiger partial charge is 0.333 e. The van der Waals surface area contributed by atoms with Crippen LogP contribution in [0, 0.1) is 0 Å². The summed E-state index contributed by atoms with van der Waals surface area (Å²) in [5.74, 6) is -1.82. The van der Waals surface area contributed by atoms with Crippen molar-refractivity contribution in [3.8, 4) is 0 Å². The van der Waals surface area contributed by atoms with Gasteiger partial charge in [-0.05, 0) is 6.08 Å². The standard InChI is InChI=1S/C9H12O4/c1-12-8(10)7-4-3-5-9(11,6-7)13-2/h3-5,11H,6H2,1-2H3. The van der Waals surface area contributed by atoms with Crippen molar-refractivity contribution >= 4 is 5.97 Å². The zero-order valence-corrected chi connectivity index (χ0v) is 7.61. The van der Waals surface area contributed by atoms with Gasteiger partial charge < -0.3 is 14.6 Å². The number of methoxy groups -OCH3 is 2. The van der Waals surface area contributed by atoms with Crippen LogP contribution in [-0.4, -0.2) is 31.1 Å².